The third-order valence-corrected chi connectivity index (χ3v) is 3.46. The monoisotopic (exact) mass is 261 g/mol. The molecule has 0 radical (unpaired) electrons. The summed E-state index contributed by atoms with van der Waals surface area (Å²) in [6.45, 7) is 5.14. The van der Waals surface area contributed by atoms with Gasteiger partial charge >= 0.3 is 0 Å². The van der Waals surface area contributed by atoms with Gasteiger partial charge in [-0.15, -0.1) is 0 Å². The van der Waals surface area contributed by atoms with E-state index in [9.17, 15) is 0 Å². The summed E-state index contributed by atoms with van der Waals surface area (Å²) in [5, 5.41) is 4.50. The molecule has 1 aliphatic heterocycles. The van der Waals surface area contributed by atoms with Crippen LogP contribution in [0.15, 0.2) is 18.3 Å². The van der Waals surface area contributed by atoms with Crippen molar-refractivity contribution in [3.05, 3.63) is 29.7 Å². The minimum atomic E-state index is 0.492. The molecule has 2 aromatic heterocycles. The van der Waals surface area contributed by atoms with Gasteiger partial charge in [-0.2, -0.15) is 5.10 Å². The highest BCUT2D eigenvalue weighted by Crippen LogP contribution is 2.09. The fourth-order valence-corrected chi connectivity index (χ4v) is 2.35. The molecule has 0 atom stereocenters. The van der Waals surface area contributed by atoms with Gasteiger partial charge in [0.05, 0.1) is 13.2 Å². The van der Waals surface area contributed by atoms with Gasteiger partial charge in [0.1, 0.15) is 0 Å². The van der Waals surface area contributed by atoms with Gasteiger partial charge in [-0.25, -0.2) is 9.50 Å². The Kier molecular flexibility index (Phi) is 3.72. The van der Waals surface area contributed by atoms with Gasteiger partial charge in [-0.05, 0) is 6.07 Å². The van der Waals surface area contributed by atoms with Crippen LogP contribution in [0.1, 0.15) is 11.4 Å². The van der Waals surface area contributed by atoms with E-state index in [1.54, 1.807) is 0 Å². The highest BCUT2D eigenvalue weighted by molar-refractivity contribution is 5.46. The van der Waals surface area contributed by atoms with Crippen LogP contribution in [-0.4, -0.2) is 52.3 Å². The van der Waals surface area contributed by atoms with Crippen LogP contribution in [-0.2, 0) is 17.7 Å². The molecule has 1 fully saturated rings. The van der Waals surface area contributed by atoms with Crippen molar-refractivity contribution in [1.29, 1.82) is 0 Å². The normalized spacial score (nSPS) is 17.1. The van der Waals surface area contributed by atoms with Crippen LogP contribution in [0, 0.1) is 0 Å². The van der Waals surface area contributed by atoms with Crippen LogP contribution in [0.4, 0.5) is 0 Å². The van der Waals surface area contributed by atoms with E-state index < -0.39 is 0 Å². The van der Waals surface area contributed by atoms with Gasteiger partial charge in [0, 0.05) is 44.4 Å². The third-order valence-electron chi connectivity index (χ3n) is 3.46. The summed E-state index contributed by atoms with van der Waals surface area (Å²) < 4.78 is 7.16. The molecule has 102 valence electrons. The summed E-state index contributed by atoms with van der Waals surface area (Å²) in [6, 6.07) is 3.95. The lowest BCUT2D eigenvalue weighted by atomic mass is 10.3. The highest BCUT2D eigenvalue weighted by Gasteiger charge is 2.12. The van der Waals surface area contributed by atoms with Crippen LogP contribution in [0.25, 0.3) is 5.65 Å². The number of rotatable bonds is 4. The predicted molar refractivity (Wildman–Crippen MR) is 71.8 cm³/mol. The molecule has 19 heavy (non-hydrogen) atoms. The number of hydrogen-bond donors (Lipinski definition) is 1. The number of hydrogen-bond acceptors (Lipinski definition) is 5. The average Bonchev–Trinajstić information content (AvgIpc) is 2.89. The Morgan fingerprint density at radius 2 is 2.16 bits per heavy atom. The van der Waals surface area contributed by atoms with E-state index in [2.05, 4.69) is 15.0 Å². The lowest BCUT2D eigenvalue weighted by molar-refractivity contribution is 0.0382. The zero-order chi connectivity index (χ0) is 13.1. The second kappa shape index (κ2) is 5.64. The third kappa shape index (κ3) is 2.75. The van der Waals surface area contributed by atoms with Crippen molar-refractivity contribution in [2.45, 2.75) is 13.0 Å². The van der Waals surface area contributed by atoms with E-state index in [1.807, 2.05) is 22.8 Å². The number of nitrogens with two attached hydrogens (primary N) is 1. The zero-order valence-electron chi connectivity index (χ0n) is 11.0. The van der Waals surface area contributed by atoms with E-state index in [0.29, 0.717) is 6.54 Å². The fraction of sp³-hybridized carbons (Fsp3) is 0.538. The lowest BCUT2D eigenvalue weighted by Crippen LogP contribution is -2.37. The maximum atomic E-state index is 5.71. The van der Waals surface area contributed by atoms with Crippen molar-refractivity contribution in [2.24, 2.45) is 5.73 Å². The second-order valence-electron chi connectivity index (χ2n) is 4.74. The summed E-state index contributed by atoms with van der Waals surface area (Å²) in [6.07, 6.45) is 2.78. The van der Waals surface area contributed by atoms with Gasteiger partial charge in [-0.1, -0.05) is 6.07 Å². The Morgan fingerprint density at radius 3 is 2.95 bits per heavy atom. The molecular formula is C13H19N5O. The largest absolute Gasteiger partial charge is 0.379 e. The molecule has 1 saturated heterocycles. The number of morpholine rings is 1. The van der Waals surface area contributed by atoms with Gasteiger partial charge in [0.25, 0.3) is 0 Å². The molecule has 1 aliphatic rings. The lowest BCUT2D eigenvalue weighted by Gasteiger charge is -2.25. The molecule has 3 heterocycles. The van der Waals surface area contributed by atoms with E-state index in [4.69, 9.17) is 10.5 Å². The first-order chi connectivity index (χ1) is 9.36. The van der Waals surface area contributed by atoms with Crippen LogP contribution in [0.5, 0.6) is 0 Å². The standard InChI is InChI=1S/C13H19N5O/c14-10-11-2-1-4-18-13(11)15-12(16-18)3-5-17-6-8-19-9-7-17/h1-2,4H,3,5-10,14H2. The maximum Gasteiger partial charge on any atom is 0.160 e. The summed E-state index contributed by atoms with van der Waals surface area (Å²) in [5.41, 5.74) is 7.62. The van der Waals surface area contributed by atoms with Gasteiger partial charge in [-0.3, -0.25) is 4.90 Å². The topological polar surface area (TPSA) is 68.7 Å². The molecule has 0 aliphatic carbocycles. The smallest absolute Gasteiger partial charge is 0.160 e. The van der Waals surface area contributed by atoms with E-state index in [0.717, 1.165) is 56.3 Å². The molecule has 6 heteroatoms. The predicted octanol–water partition coefficient (Wildman–Crippen LogP) is 0.0627. The first kappa shape index (κ1) is 12.5. The molecule has 0 amide bonds. The van der Waals surface area contributed by atoms with Crippen molar-refractivity contribution in [3.8, 4) is 0 Å². The molecule has 2 N–H and O–H groups in total. The molecule has 0 spiro atoms. The quantitative estimate of drug-likeness (QED) is 0.843. The van der Waals surface area contributed by atoms with Gasteiger partial charge in [0.2, 0.25) is 0 Å². The molecule has 0 saturated carbocycles. The highest BCUT2D eigenvalue weighted by atomic mass is 16.5. The summed E-state index contributed by atoms with van der Waals surface area (Å²) in [5.74, 6) is 0.882. The van der Waals surface area contributed by atoms with Gasteiger partial charge in [0.15, 0.2) is 11.5 Å². The molecular weight excluding hydrogens is 242 g/mol. The zero-order valence-corrected chi connectivity index (χ0v) is 11.0. The Bertz CT molecular complexity index is 547. The van der Waals surface area contributed by atoms with Crippen LogP contribution >= 0.6 is 0 Å². The van der Waals surface area contributed by atoms with Crippen LogP contribution in [0.3, 0.4) is 0 Å². The molecule has 0 aromatic carbocycles. The number of nitrogens with zero attached hydrogens (tertiary/aromatic N) is 4. The first-order valence-corrected chi connectivity index (χ1v) is 6.70. The molecule has 2 aromatic rings. The van der Waals surface area contributed by atoms with Crippen molar-refractivity contribution >= 4 is 5.65 Å². The molecule has 0 unspecified atom stereocenters. The molecule has 0 bridgehead atoms. The number of fused-ring (bicyclic) bond motifs is 1. The number of aromatic nitrogens is 3. The van der Waals surface area contributed by atoms with E-state index in [-0.39, 0.29) is 0 Å². The second-order valence-corrected chi connectivity index (χ2v) is 4.74. The van der Waals surface area contributed by atoms with Crippen molar-refractivity contribution in [3.63, 3.8) is 0 Å². The minimum Gasteiger partial charge on any atom is -0.379 e. The fourth-order valence-electron chi connectivity index (χ4n) is 2.35. The summed E-state index contributed by atoms with van der Waals surface area (Å²) in [4.78, 5) is 6.97. The molecule has 3 rings (SSSR count). The summed E-state index contributed by atoms with van der Waals surface area (Å²) >= 11 is 0. The van der Waals surface area contributed by atoms with Gasteiger partial charge < -0.3 is 10.5 Å². The summed E-state index contributed by atoms with van der Waals surface area (Å²) in [7, 11) is 0. The van der Waals surface area contributed by atoms with E-state index >= 15 is 0 Å². The maximum absolute atomic E-state index is 5.71. The number of ether oxygens (including phenoxy) is 1. The molecule has 6 nitrogen and oxygen atoms in total. The first-order valence-electron chi connectivity index (χ1n) is 6.70. The Balaban J connectivity index is 1.70. The Labute approximate surface area is 112 Å². The van der Waals surface area contributed by atoms with Crippen LogP contribution < -0.4 is 5.73 Å². The Hall–Kier alpha value is -1.50. The Morgan fingerprint density at radius 1 is 1.32 bits per heavy atom. The van der Waals surface area contributed by atoms with Crippen LogP contribution in [0.2, 0.25) is 0 Å². The average molecular weight is 261 g/mol. The van der Waals surface area contributed by atoms with Crippen molar-refractivity contribution < 1.29 is 4.74 Å². The minimum absolute atomic E-state index is 0.492. The van der Waals surface area contributed by atoms with E-state index in [1.165, 1.54) is 0 Å². The number of pyridine rings is 1. The van der Waals surface area contributed by atoms with Crippen molar-refractivity contribution in [2.75, 3.05) is 32.8 Å². The SMILES string of the molecule is NCc1cccn2nc(CCN3CCOCC3)nc12. The van der Waals surface area contributed by atoms with Crippen molar-refractivity contribution in [1.82, 2.24) is 19.5 Å².